The van der Waals surface area contributed by atoms with Gasteiger partial charge in [0, 0.05) is 22.5 Å². The number of nitrogens with zero attached hydrogens (tertiary/aromatic N) is 4. The average molecular weight is 398 g/mol. The van der Waals surface area contributed by atoms with Gasteiger partial charge in [0.25, 0.3) is 5.89 Å². The molecule has 0 spiro atoms. The summed E-state index contributed by atoms with van der Waals surface area (Å²) in [6.45, 7) is 0.0497. The molecule has 0 saturated heterocycles. The molecular weight excluding hydrogens is 385 g/mol. The monoisotopic (exact) mass is 397 g/mol. The minimum atomic E-state index is -0.396. The van der Waals surface area contributed by atoms with Crippen molar-refractivity contribution in [2.75, 3.05) is 5.32 Å². The molecule has 4 rings (SSSR count). The summed E-state index contributed by atoms with van der Waals surface area (Å²) in [5.41, 5.74) is 1.51. The summed E-state index contributed by atoms with van der Waals surface area (Å²) in [6.07, 6.45) is 3.11. The van der Waals surface area contributed by atoms with Crippen LogP contribution in [0, 0.1) is 5.82 Å². The van der Waals surface area contributed by atoms with E-state index in [9.17, 15) is 9.18 Å². The second-order valence-corrected chi connectivity index (χ2v) is 6.36. The molecule has 1 amide bonds. The average Bonchev–Trinajstić information content (AvgIpc) is 3.31. The Balaban J connectivity index is 1.45. The zero-order chi connectivity index (χ0) is 19.5. The first-order valence-corrected chi connectivity index (χ1v) is 8.62. The van der Waals surface area contributed by atoms with E-state index in [0.717, 1.165) is 0 Å². The van der Waals surface area contributed by atoms with Crippen LogP contribution in [0.3, 0.4) is 0 Å². The maximum Gasteiger partial charge on any atom is 0.258 e. The first-order valence-electron chi connectivity index (χ1n) is 8.24. The van der Waals surface area contributed by atoms with Gasteiger partial charge in [-0.25, -0.2) is 9.37 Å². The molecule has 7 nitrogen and oxygen atoms in total. The molecule has 0 atom stereocenters. The van der Waals surface area contributed by atoms with Gasteiger partial charge < -0.3 is 14.4 Å². The summed E-state index contributed by atoms with van der Waals surface area (Å²) in [6, 6.07) is 12.7. The maximum absolute atomic E-state index is 13.3. The molecule has 2 heterocycles. The predicted molar refractivity (Wildman–Crippen MR) is 101 cm³/mol. The number of nitrogens with one attached hydrogen (secondary N) is 1. The van der Waals surface area contributed by atoms with Crippen LogP contribution >= 0.6 is 11.6 Å². The molecule has 2 aromatic carbocycles. The number of halogens is 2. The fraction of sp³-hybridized carbons (Fsp3) is 0.0526. The van der Waals surface area contributed by atoms with Gasteiger partial charge in [-0.1, -0.05) is 28.9 Å². The molecule has 4 aromatic rings. The second-order valence-electron chi connectivity index (χ2n) is 5.92. The molecule has 0 aliphatic heterocycles. The quantitative estimate of drug-likeness (QED) is 0.549. The minimum absolute atomic E-state index is 0.0497. The first kappa shape index (κ1) is 17.9. The van der Waals surface area contributed by atoms with Crippen LogP contribution in [0.2, 0.25) is 5.02 Å². The summed E-state index contributed by atoms with van der Waals surface area (Å²) >= 11 is 5.90. The number of carbonyl (C=O) groups excluding carboxylic acids is 1. The Labute approximate surface area is 163 Å². The molecule has 28 heavy (non-hydrogen) atoms. The molecule has 0 unspecified atom stereocenters. The van der Waals surface area contributed by atoms with Crippen molar-refractivity contribution in [3.05, 3.63) is 71.9 Å². The lowest BCUT2D eigenvalue weighted by atomic mass is 10.2. The second kappa shape index (κ2) is 7.61. The summed E-state index contributed by atoms with van der Waals surface area (Å²) < 4.78 is 20.1. The number of benzene rings is 2. The summed E-state index contributed by atoms with van der Waals surface area (Å²) in [5.74, 6) is -0.206. The normalized spacial score (nSPS) is 10.8. The molecule has 0 radical (unpaired) electrons. The number of aromatic nitrogens is 4. The van der Waals surface area contributed by atoms with Crippen molar-refractivity contribution in [3.8, 4) is 23.0 Å². The number of imidazole rings is 1. The smallest absolute Gasteiger partial charge is 0.258 e. The van der Waals surface area contributed by atoms with E-state index in [1.54, 1.807) is 47.2 Å². The largest absolute Gasteiger partial charge is 0.334 e. The molecule has 0 aliphatic rings. The summed E-state index contributed by atoms with van der Waals surface area (Å²) in [7, 11) is 0. The number of anilines is 1. The maximum atomic E-state index is 13.3. The number of amides is 1. The van der Waals surface area contributed by atoms with Crippen molar-refractivity contribution in [2.45, 2.75) is 6.54 Å². The number of rotatable bonds is 5. The standard InChI is InChI=1S/C19H13ClFN5O2/c20-13-4-2-6-15(8-13)23-17(27)10-26-9-16(22-11-26)18-24-19(28-25-18)12-3-1-5-14(21)7-12/h1-9,11H,10H2,(H,23,27). The van der Waals surface area contributed by atoms with E-state index < -0.39 is 5.82 Å². The van der Waals surface area contributed by atoms with E-state index in [1.807, 2.05) is 0 Å². The zero-order valence-corrected chi connectivity index (χ0v) is 15.1. The van der Waals surface area contributed by atoms with E-state index in [0.29, 0.717) is 22.0 Å². The minimum Gasteiger partial charge on any atom is -0.334 e. The van der Waals surface area contributed by atoms with E-state index >= 15 is 0 Å². The van der Waals surface area contributed by atoms with Crippen LogP contribution in [-0.2, 0) is 11.3 Å². The number of carbonyl (C=O) groups is 1. The van der Waals surface area contributed by atoms with Crippen molar-refractivity contribution in [1.82, 2.24) is 19.7 Å². The summed E-state index contributed by atoms with van der Waals surface area (Å²) in [4.78, 5) is 20.6. The van der Waals surface area contributed by atoms with E-state index in [4.69, 9.17) is 16.1 Å². The Morgan fingerprint density at radius 3 is 2.89 bits per heavy atom. The highest BCUT2D eigenvalue weighted by Crippen LogP contribution is 2.22. The molecular formula is C19H13ClFN5O2. The lowest BCUT2D eigenvalue weighted by Crippen LogP contribution is -2.17. The van der Waals surface area contributed by atoms with Crippen molar-refractivity contribution < 1.29 is 13.7 Å². The van der Waals surface area contributed by atoms with Crippen LogP contribution in [0.4, 0.5) is 10.1 Å². The Morgan fingerprint density at radius 1 is 1.21 bits per heavy atom. The molecule has 1 N–H and O–H groups in total. The van der Waals surface area contributed by atoms with Gasteiger partial charge in [-0.05, 0) is 36.4 Å². The lowest BCUT2D eigenvalue weighted by molar-refractivity contribution is -0.116. The van der Waals surface area contributed by atoms with Gasteiger partial charge in [0.1, 0.15) is 18.1 Å². The third kappa shape index (κ3) is 4.07. The van der Waals surface area contributed by atoms with Gasteiger partial charge in [-0.3, -0.25) is 4.79 Å². The van der Waals surface area contributed by atoms with Crippen LogP contribution in [0.5, 0.6) is 0 Å². The zero-order valence-electron chi connectivity index (χ0n) is 14.3. The van der Waals surface area contributed by atoms with Gasteiger partial charge in [0.15, 0.2) is 0 Å². The topological polar surface area (TPSA) is 85.8 Å². The third-order valence-electron chi connectivity index (χ3n) is 3.79. The predicted octanol–water partition coefficient (Wildman–Crippen LogP) is 4.03. The molecule has 2 aromatic heterocycles. The number of hydrogen-bond acceptors (Lipinski definition) is 5. The van der Waals surface area contributed by atoms with E-state index in [-0.39, 0.29) is 24.2 Å². The van der Waals surface area contributed by atoms with Gasteiger partial charge in [-0.15, -0.1) is 0 Å². The van der Waals surface area contributed by atoms with Gasteiger partial charge in [0.05, 0.1) is 6.33 Å². The lowest BCUT2D eigenvalue weighted by Gasteiger charge is -2.05. The van der Waals surface area contributed by atoms with E-state index in [1.165, 1.54) is 18.5 Å². The number of hydrogen-bond donors (Lipinski definition) is 1. The summed E-state index contributed by atoms with van der Waals surface area (Å²) in [5, 5.41) is 7.15. The highest BCUT2D eigenvalue weighted by atomic mass is 35.5. The van der Waals surface area contributed by atoms with Crippen LogP contribution in [0.1, 0.15) is 0 Å². The fourth-order valence-corrected chi connectivity index (χ4v) is 2.75. The molecule has 0 bridgehead atoms. The van der Waals surface area contributed by atoms with Crippen molar-refractivity contribution in [1.29, 1.82) is 0 Å². The first-order chi connectivity index (χ1) is 13.6. The fourth-order valence-electron chi connectivity index (χ4n) is 2.56. The van der Waals surface area contributed by atoms with E-state index in [2.05, 4.69) is 20.4 Å². The Bertz CT molecular complexity index is 1140. The van der Waals surface area contributed by atoms with Gasteiger partial charge >= 0.3 is 0 Å². The van der Waals surface area contributed by atoms with Crippen LogP contribution in [-0.4, -0.2) is 25.6 Å². The van der Waals surface area contributed by atoms with Gasteiger partial charge in [-0.2, -0.15) is 4.98 Å². The molecule has 140 valence electrons. The third-order valence-corrected chi connectivity index (χ3v) is 4.03. The van der Waals surface area contributed by atoms with Crippen molar-refractivity contribution >= 4 is 23.2 Å². The highest BCUT2D eigenvalue weighted by molar-refractivity contribution is 6.30. The van der Waals surface area contributed by atoms with Crippen molar-refractivity contribution in [2.24, 2.45) is 0 Å². The highest BCUT2D eigenvalue weighted by Gasteiger charge is 2.14. The molecule has 0 fully saturated rings. The molecule has 0 aliphatic carbocycles. The van der Waals surface area contributed by atoms with Gasteiger partial charge in [0.2, 0.25) is 11.7 Å². The Kier molecular flexibility index (Phi) is 4.86. The van der Waals surface area contributed by atoms with Crippen LogP contribution < -0.4 is 5.32 Å². The van der Waals surface area contributed by atoms with Crippen LogP contribution in [0.25, 0.3) is 23.0 Å². The Morgan fingerprint density at radius 2 is 2.07 bits per heavy atom. The Hall–Kier alpha value is -3.52. The van der Waals surface area contributed by atoms with Crippen molar-refractivity contribution in [3.63, 3.8) is 0 Å². The SMILES string of the molecule is O=C(Cn1cnc(-c2noc(-c3cccc(F)c3)n2)c1)Nc1cccc(Cl)c1. The molecule has 9 heteroatoms. The molecule has 0 saturated carbocycles. The van der Waals surface area contributed by atoms with Crippen LogP contribution in [0.15, 0.2) is 65.6 Å².